The predicted molar refractivity (Wildman–Crippen MR) is 58.8 cm³/mol. The number of aliphatic hydroxyl groups is 1. The highest BCUT2D eigenvalue weighted by Crippen LogP contribution is 2.31. The summed E-state index contributed by atoms with van der Waals surface area (Å²) in [5.74, 6) is 0.234. The molecule has 2 rings (SSSR count). The number of alkyl halides is 3. The van der Waals surface area contributed by atoms with E-state index in [2.05, 4.69) is 0 Å². The van der Waals surface area contributed by atoms with Crippen molar-refractivity contribution in [2.75, 3.05) is 24.6 Å². The van der Waals surface area contributed by atoms with Crippen LogP contribution in [0.5, 0.6) is 0 Å². The van der Waals surface area contributed by atoms with Crippen molar-refractivity contribution in [3.8, 4) is 0 Å². The molecule has 0 spiro atoms. The molecule has 1 aromatic rings. The molecule has 0 radical (unpaired) electrons. The molecule has 1 aliphatic heterocycles. The second-order valence-electron chi connectivity index (χ2n) is 4.33. The standard InChI is InChI=1S/C12H14F3NO/c13-12(14,15)10-1-3-11(4-2-10)16-6-5-9(7-16)8-17/h1-4,9,17H,5-8H2/t9-/m1/s1. The molecule has 0 aromatic heterocycles. The van der Waals surface area contributed by atoms with Gasteiger partial charge in [-0.1, -0.05) is 0 Å². The molecule has 1 N–H and O–H groups in total. The maximum Gasteiger partial charge on any atom is 0.416 e. The predicted octanol–water partition coefficient (Wildman–Crippen LogP) is 2.52. The molecule has 0 unspecified atom stereocenters. The zero-order chi connectivity index (χ0) is 12.5. The number of hydrogen-bond acceptors (Lipinski definition) is 2. The van der Waals surface area contributed by atoms with E-state index in [0.29, 0.717) is 6.54 Å². The highest BCUT2D eigenvalue weighted by atomic mass is 19.4. The van der Waals surface area contributed by atoms with Crippen LogP contribution in [0.25, 0.3) is 0 Å². The second kappa shape index (κ2) is 4.56. The minimum absolute atomic E-state index is 0.136. The van der Waals surface area contributed by atoms with Gasteiger partial charge in [-0.05, 0) is 30.7 Å². The van der Waals surface area contributed by atoms with Crippen molar-refractivity contribution in [1.82, 2.24) is 0 Å². The van der Waals surface area contributed by atoms with E-state index in [1.165, 1.54) is 12.1 Å². The third kappa shape index (κ3) is 2.72. The topological polar surface area (TPSA) is 23.5 Å². The van der Waals surface area contributed by atoms with Crippen LogP contribution in [0.2, 0.25) is 0 Å². The van der Waals surface area contributed by atoms with Crippen LogP contribution >= 0.6 is 0 Å². The fraction of sp³-hybridized carbons (Fsp3) is 0.500. The summed E-state index contributed by atoms with van der Waals surface area (Å²) in [7, 11) is 0. The Hall–Kier alpha value is -1.23. The largest absolute Gasteiger partial charge is 0.416 e. The van der Waals surface area contributed by atoms with Gasteiger partial charge in [-0.15, -0.1) is 0 Å². The van der Waals surface area contributed by atoms with Crippen molar-refractivity contribution in [2.45, 2.75) is 12.6 Å². The average molecular weight is 245 g/mol. The molecule has 17 heavy (non-hydrogen) atoms. The first kappa shape index (κ1) is 12.2. The number of rotatable bonds is 2. The lowest BCUT2D eigenvalue weighted by Crippen LogP contribution is -2.20. The molecule has 2 nitrogen and oxygen atoms in total. The maximum absolute atomic E-state index is 12.4. The van der Waals surface area contributed by atoms with Crippen molar-refractivity contribution in [3.05, 3.63) is 29.8 Å². The van der Waals surface area contributed by atoms with Gasteiger partial charge in [0.2, 0.25) is 0 Å². The van der Waals surface area contributed by atoms with Gasteiger partial charge in [0.1, 0.15) is 0 Å². The van der Waals surface area contributed by atoms with Crippen molar-refractivity contribution in [2.24, 2.45) is 5.92 Å². The zero-order valence-corrected chi connectivity index (χ0v) is 9.24. The van der Waals surface area contributed by atoms with E-state index >= 15 is 0 Å². The number of benzene rings is 1. The van der Waals surface area contributed by atoms with Gasteiger partial charge in [0.25, 0.3) is 0 Å². The van der Waals surface area contributed by atoms with Crippen LogP contribution in [-0.2, 0) is 6.18 Å². The van der Waals surface area contributed by atoms with Crippen LogP contribution in [-0.4, -0.2) is 24.8 Å². The first-order valence-corrected chi connectivity index (χ1v) is 5.54. The van der Waals surface area contributed by atoms with E-state index in [0.717, 1.165) is 30.8 Å². The van der Waals surface area contributed by atoms with Crippen LogP contribution < -0.4 is 4.90 Å². The lowest BCUT2D eigenvalue weighted by Gasteiger charge is -2.19. The Labute approximate surface area is 97.7 Å². The van der Waals surface area contributed by atoms with E-state index in [-0.39, 0.29) is 12.5 Å². The average Bonchev–Trinajstić information content (AvgIpc) is 2.76. The molecule has 1 heterocycles. The zero-order valence-electron chi connectivity index (χ0n) is 9.24. The number of halogens is 3. The van der Waals surface area contributed by atoms with E-state index in [9.17, 15) is 13.2 Å². The minimum atomic E-state index is -4.28. The second-order valence-corrected chi connectivity index (χ2v) is 4.33. The molecule has 0 aliphatic carbocycles. The van der Waals surface area contributed by atoms with Gasteiger partial charge in [0.05, 0.1) is 5.56 Å². The van der Waals surface area contributed by atoms with E-state index in [1.807, 2.05) is 4.90 Å². The molecule has 1 aliphatic rings. The van der Waals surface area contributed by atoms with Crippen LogP contribution in [0.4, 0.5) is 18.9 Å². The third-order valence-corrected chi connectivity index (χ3v) is 3.10. The number of aliphatic hydroxyl groups excluding tert-OH is 1. The van der Waals surface area contributed by atoms with E-state index in [4.69, 9.17) is 5.11 Å². The van der Waals surface area contributed by atoms with Crippen LogP contribution in [0.3, 0.4) is 0 Å². The van der Waals surface area contributed by atoms with E-state index < -0.39 is 11.7 Å². The first-order valence-electron chi connectivity index (χ1n) is 5.54. The van der Waals surface area contributed by atoms with Gasteiger partial charge < -0.3 is 10.0 Å². The molecule has 1 saturated heterocycles. The van der Waals surface area contributed by atoms with Gasteiger partial charge in [-0.25, -0.2) is 0 Å². The summed E-state index contributed by atoms with van der Waals surface area (Å²) in [6.45, 7) is 1.63. The maximum atomic E-state index is 12.4. The third-order valence-electron chi connectivity index (χ3n) is 3.10. The van der Waals surface area contributed by atoms with Gasteiger partial charge in [-0.2, -0.15) is 13.2 Å². The molecule has 5 heteroatoms. The van der Waals surface area contributed by atoms with Crippen molar-refractivity contribution >= 4 is 5.69 Å². The monoisotopic (exact) mass is 245 g/mol. The fourth-order valence-electron chi connectivity index (χ4n) is 2.08. The highest BCUT2D eigenvalue weighted by molar-refractivity contribution is 5.48. The fourth-order valence-corrected chi connectivity index (χ4v) is 2.08. The Morgan fingerprint density at radius 1 is 1.24 bits per heavy atom. The van der Waals surface area contributed by atoms with Crippen molar-refractivity contribution in [1.29, 1.82) is 0 Å². The molecule has 1 atom stereocenters. The lowest BCUT2D eigenvalue weighted by atomic mass is 10.1. The Balaban J connectivity index is 2.09. The Morgan fingerprint density at radius 3 is 2.35 bits per heavy atom. The van der Waals surface area contributed by atoms with Gasteiger partial charge in [-0.3, -0.25) is 0 Å². The summed E-state index contributed by atoms with van der Waals surface area (Å²) in [4.78, 5) is 2.00. The number of hydrogen-bond donors (Lipinski definition) is 1. The Morgan fingerprint density at radius 2 is 1.88 bits per heavy atom. The molecule has 94 valence electrons. The summed E-state index contributed by atoms with van der Waals surface area (Å²) < 4.78 is 37.1. The van der Waals surface area contributed by atoms with Crippen LogP contribution in [0.15, 0.2) is 24.3 Å². The quantitative estimate of drug-likeness (QED) is 0.865. The SMILES string of the molecule is OC[C@@H]1CCN(c2ccc(C(F)(F)F)cc2)C1. The summed E-state index contributed by atoms with van der Waals surface area (Å²) in [5, 5.41) is 9.01. The van der Waals surface area contributed by atoms with E-state index in [1.54, 1.807) is 0 Å². The molecule has 0 saturated carbocycles. The molecule has 0 amide bonds. The van der Waals surface area contributed by atoms with Gasteiger partial charge in [0, 0.05) is 31.3 Å². The Kier molecular flexibility index (Phi) is 3.28. The minimum Gasteiger partial charge on any atom is -0.396 e. The molecular weight excluding hydrogens is 231 g/mol. The lowest BCUT2D eigenvalue weighted by molar-refractivity contribution is -0.137. The molecule has 1 fully saturated rings. The van der Waals surface area contributed by atoms with Crippen LogP contribution in [0.1, 0.15) is 12.0 Å². The molecule has 0 bridgehead atoms. The first-order chi connectivity index (χ1) is 8.00. The van der Waals surface area contributed by atoms with Gasteiger partial charge >= 0.3 is 6.18 Å². The summed E-state index contributed by atoms with van der Waals surface area (Å²) in [5.41, 5.74) is 0.160. The van der Waals surface area contributed by atoms with Gasteiger partial charge in [0.15, 0.2) is 0 Å². The highest BCUT2D eigenvalue weighted by Gasteiger charge is 2.30. The Bertz CT molecular complexity index is 374. The normalized spacial score (nSPS) is 20.9. The smallest absolute Gasteiger partial charge is 0.396 e. The summed E-state index contributed by atoms with van der Waals surface area (Å²) >= 11 is 0. The number of anilines is 1. The number of nitrogens with zero attached hydrogens (tertiary/aromatic N) is 1. The summed E-state index contributed by atoms with van der Waals surface area (Å²) in [6.07, 6.45) is -3.39. The van der Waals surface area contributed by atoms with Crippen LogP contribution in [0, 0.1) is 5.92 Å². The summed E-state index contributed by atoms with van der Waals surface area (Å²) in [6, 6.07) is 5.17. The van der Waals surface area contributed by atoms with Crippen molar-refractivity contribution < 1.29 is 18.3 Å². The van der Waals surface area contributed by atoms with Crippen molar-refractivity contribution in [3.63, 3.8) is 0 Å². The molecule has 1 aromatic carbocycles. The molecular formula is C12H14F3NO.